The molecule has 0 bridgehead atoms. The zero-order chi connectivity index (χ0) is 11.4. The quantitative estimate of drug-likeness (QED) is 0.724. The van der Waals surface area contributed by atoms with Gasteiger partial charge in [0.1, 0.15) is 11.3 Å². The molecule has 4 nitrogen and oxygen atoms in total. The highest BCUT2D eigenvalue weighted by atomic mass is 19.3. The average molecular weight is 217 g/mol. The molecule has 0 aliphatic carbocycles. The minimum atomic E-state index is -2.75. The summed E-state index contributed by atoms with van der Waals surface area (Å²) in [5, 5.41) is 0. The first kappa shape index (κ1) is 11.4. The summed E-state index contributed by atoms with van der Waals surface area (Å²) in [7, 11) is 2.35. The fourth-order valence-electron chi connectivity index (χ4n) is 1.10. The summed E-state index contributed by atoms with van der Waals surface area (Å²) in [6.07, 6.45) is -0.677. The van der Waals surface area contributed by atoms with E-state index in [1.54, 1.807) is 0 Å². The summed E-state index contributed by atoms with van der Waals surface area (Å²) in [6, 6.07) is 0. The molecule has 0 saturated heterocycles. The summed E-state index contributed by atoms with van der Waals surface area (Å²) in [4.78, 5) is 14.7. The molecule has 0 aliphatic heterocycles. The van der Waals surface area contributed by atoms with E-state index in [4.69, 9.17) is 4.74 Å². The summed E-state index contributed by atoms with van der Waals surface area (Å²) < 4.78 is 34.1. The molecule has 0 saturated carbocycles. The van der Waals surface area contributed by atoms with Gasteiger partial charge >= 0.3 is 5.97 Å². The molecule has 0 atom stereocenters. The number of ether oxygens (including phenoxy) is 2. The number of esters is 1. The minimum Gasteiger partial charge on any atom is -0.495 e. The molecule has 0 amide bonds. The van der Waals surface area contributed by atoms with Crippen LogP contribution in [0.3, 0.4) is 0 Å². The first-order chi connectivity index (χ1) is 7.11. The van der Waals surface area contributed by atoms with Crippen LogP contribution in [0, 0.1) is 0 Å². The predicted octanol–water partition coefficient (Wildman–Crippen LogP) is 1.81. The van der Waals surface area contributed by atoms with Gasteiger partial charge in [-0.15, -0.1) is 0 Å². The van der Waals surface area contributed by atoms with Crippen molar-refractivity contribution >= 4 is 5.97 Å². The van der Waals surface area contributed by atoms with Crippen molar-refractivity contribution in [2.24, 2.45) is 0 Å². The topological polar surface area (TPSA) is 48.4 Å². The number of halogens is 2. The third-order valence-electron chi connectivity index (χ3n) is 1.77. The molecule has 82 valence electrons. The Hall–Kier alpha value is -1.72. The Bertz CT molecular complexity index is 368. The smallest absolute Gasteiger partial charge is 0.343 e. The normalized spacial score (nSPS) is 10.2. The third-order valence-corrected chi connectivity index (χ3v) is 1.77. The molecule has 0 fully saturated rings. The number of aromatic nitrogens is 1. The van der Waals surface area contributed by atoms with Gasteiger partial charge in [-0.25, -0.2) is 13.6 Å². The van der Waals surface area contributed by atoms with Gasteiger partial charge in [0.2, 0.25) is 0 Å². The maximum atomic E-state index is 12.5. The zero-order valence-electron chi connectivity index (χ0n) is 8.16. The summed E-state index contributed by atoms with van der Waals surface area (Å²) in [6.45, 7) is 0. The predicted molar refractivity (Wildman–Crippen MR) is 47.1 cm³/mol. The van der Waals surface area contributed by atoms with Crippen LogP contribution in [0.15, 0.2) is 12.4 Å². The van der Waals surface area contributed by atoms with Crippen LogP contribution in [0.4, 0.5) is 8.78 Å². The lowest BCUT2D eigenvalue weighted by Crippen LogP contribution is -2.07. The number of methoxy groups -OCH3 is 2. The second kappa shape index (κ2) is 4.68. The van der Waals surface area contributed by atoms with Gasteiger partial charge in [-0.1, -0.05) is 0 Å². The molecule has 15 heavy (non-hydrogen) atoms. The van der Waals surface area contributed by atoms with Gasteiger partial charge in [0.05, 0.1) is 19.8 Å². The van der Waals surface area contributed by atoms with Gasteiger partial charge < -0.3 is 9.47 Å². The molecular weight excluding hydrogens is 208 g/mol. The van der Waals surface area contributed by atoms with Crippen LogP contribution in [-0.2, 0) is 4.74 Å². The molecule has 1 rings (SSSR count). The van der Waals surface area contributed by atoms with Gasteiger partial charge in [0, 0.05) is 12.4 Å². The Morgan fingerprint density at radius 3 is 2.53 bits per heavy atom. The maximum Gasteiger partial charge on any atom is 0.343 e. The molecule has 0 radical (unpaired) electrons. The van der Waals surface area contributed by atoms with Crippen LogP contribution in [0.2, 0.25) is 0 Å². The van der Waals surface area contributed by atoms with Crippen LogP contribution < -0.4 is 4.74 Å². The molecule has 0 N–H and O–H groups in total. The monoisotopic (exact) mass is 217 g/mol. The first-order valence-electron chi connectivity index (χ1n) is 4.00. The molecule has 0 spiro atoms. The molecular formula is C9H9F2NO3. The highest BCUT2D eigenvalue weighted by Crippen LogP contribution is 2.31. The summed E-state index contributed by atoms with van der Waals surface area (Å²) in [5.41, 5.74) is -0.543. The van der Waals surface area contributed by atoms with Crippen molar-refractivity contribution in [1.29, 1.82) is 0 Å². The molecule has 1 aromatic heterocycles. The Kier molecular flexibility index (Phi) is 3.54. The number of pyridine rings is 1. The van der Waals surface area contributed by atoms with E-state index in [0.29, 0.717) is 0 Å². The largest absolute Gasteiger partial charge is 0.495 e. The summed E-state index contributed by atoms with van der Waals surface area (Å²) in [5.74, 6) is -0.964. The minimum absolute atomic E-state index is 0.113. The van der Waals surface area contributed by atoms with E-state index in [2.05, 4.69) is 9.72 Å². The van der Waals surface area contributed by atoms with E-state index in [1.165, 1.54) is 7.11 Å². The molecule has 6 heteroatoms. The second-order valence-corrected chi connectivity index (χ2v) is 2.60. The third kappa shape index (κ3) is 2.20. The SMILES string of the molecule is COC(=O)c1cncc(C(F)F)c1OC. The number of hydrogen-bond donors (Lipinski definition) is 0. The van der Waals surface area contributed by atoms with E-state index < -0.39 is 18.0 Å². The van der Waals surface area contributed by atoms with Crippen molar-refractivity contribution in [3.63, 3.8) is 0 Å². The number of carbonyl (C=O) groups is 1. The van der Waals surface area contributed by atoms with Crippen LogP contribution in [0.25, 0.3) is 0 Å². The number of hydrogen-bond acceptors (Lipinski definition) is 4. The van der Waals surface area contributed by atoms with Crippen LogP contribution >= 0.6 is 0 Å². The van der Waals surface area contributed by atoms with Crippen LogP contribution in [0.5, 0.6) is 5.75 Å². The fourth-order valence-corrected chi connectivity index (χ4v) is 1.10. The number of nitrogens with zero attached hydrogens (tertiary/aromatic N) is 1. The molecule has 0 aromatic carbocycles. The molecule has 1 heterocycles. The lowest BCUT2D eigenvalue weighted by atomic mass is 10.2. The number of rotatable bonds is 3. The van der Waals surface area contributed by atoms with Crippen LogP contribution in [0.1, 0.15) is 22.3 Å². The average Bonchev–Trinajstić information content (AvgIpc) is 2.26. The van der Waals surface area contributed by atoms with Crippen molar-refractivity contribution in [3.05, 3.63) is 23.5 Å². The van der Waals surface area contributed by atoms with E-state index in [1.807, 2.05) is 0 Å². The fraction of sp³-hybridized carbons (Fsp3) is 0.333. The van der Waals surface area contributed by atoms with Crippen molar-refractivity contribution < 1.29 is 23.0 Å². The number of alkyl halides is 2. The zero-order valence-corrected chi connectivity index (χ0v) is 8.16. The van der Waals surface area contributed by atoms with Crippen molar-refractivity contribution in [3.8, 4) is 5.75 Å². The lowest BCUT2D eigenvalue weighted by molar-refractivity contribution is 0.0595. The van der Waals surface area contributed by atoms with Gasteiger partial charge in [0.15, 0.2) is 0 Å². The van der Waals surface area contributed by atoms with E-state index >= 15 is 0 Å². The lowest BCUT2D eigenvalue weighted by Gasteiger charge is -2.10. The standard InChI is InChI=1S/C9H9F2NO3/c1-14-7-5(8(10)11)3-12-4-6(7)9(13)15-2/h3-4,8H,1-2H3. The molecule has 0 unspecified atom stereocenters. The van der Waals surface area contributed by atoms with Gasteiger partial charge in [-0.3, -0.25) is 4.98 Å². The van der Waals surface area contributed by atoms with Gasteiger partial charge in [0.25, 0.3) is 6.43 Å². The first-order valence-corrected chi connectivity index (χ1v) is 4.00. The van der Waals surface area contributed by atoms with Gasteiger partial charge in [-0.05, 0) is 0 Å². The summed E-state index contributed by atoms with van der Waals surface area (Å²) >= 11 is 0. The van der Waals surface area contributed by atoms with E-state index in [9.17, 15) is 13.6 Å². The molecule has 0 aliphatic rings. The highest BCUT2D eigenvalue weighted by molar-refractivity contribution is 5.92. The van der Waals surface area contributed by atoms with Crippen molar-refractivity contribution in [1.82, 2.24) is 4.98 Å². The Morgan fingerprint density at radius 1 is 1.40 bits per heavy atom. The van der Waals surface area contributed by atoms with Crippen LogP contribution in [-0.4, -0.2) is 25.2 Å². The second-order valence-electron chi connectivity index (χ2n) is 2.60. The van der Waals surface area contributed by atoms with E-state index in [0.717, 1.165) is 19.5 Å². The van der Waals surface area contributed by atoms with Crippen molar-refractivity contribution in [2.45, 2.75) is 6.43 Å². The highest BCUT2D eigenvalue weighted by Gasteiger charge is 2.21. The molecule has 1 aromatic rings. The Morgan fingerprint density at radius 2 is 2.07 bits per heavy atom. The Labute approximate surface area is 84.8 Å². The van der Waals surface area contributed by atoms with Crippen molar-refractivity contribution in [2.75, 3.05) is 14.2 Å². The Balaban J connectivity index is 3.28. The van der Waals surface area contributed by atoms with Gasteiger partial charge in [-0.2, -0.15) is 0 Å². The maximum absolute atomic E-state index is 12.5. The van der Waals surface area contributed by atoms with E-state index in [-0.39, 0.29) is 11.3 Å². The number of carbonyl (C=O) groups excluding carboxylic acids is 1.